The Morgan fingerprint density at radius 1 is 1.00 bits per heavy atom. The minimum absolute atomic E-state index is 0. The summed E-state index contributed by atoms with van der Waals surface area (Å²) in [7, 11) is 0. The fraction of sp³-hybridized carbons (Fsp3) is 0.467. The molecule has 0 atom stereocenters. The second-order valence-electron chi connectivity index (χ2n) is 3.35. The zero-order chi connectivity index (χ0) is 13.6. The lowest BCUT2D eigenvalue weighted by Gasteiger charge is -1.98. The smallest absolute Gasteiger partial charge is 0.434 e. The van der Waals surface area contributed by atoms with E-state index in [1.54, 1.807) is 13.0 Å². The topological polar surface area (TPSA) is 52.6 Å². The molecule has 0 radical (unpaired) electrons. The van der Waals surface area contributed by atoms with Crippen LogP contribution < -0.4 is 0 Å². The van der Waals surface area contributed by atoms with Crippen LogP contribution in [0.4, 0.5) is 4.79 Å². The molecule has 0 rings (SSSR count). The van der Waals surface area contributed by atoms with Crippen molar-refractivity contribution in [2.24, 2.45) is 0 Å². The van der Waals surface area contributed by atoms with Crippen molar-refractivity contribution in [2.45, 2.75) is 40.5 Å². The van der Waals surface area contributed by atoms with Crippen LogP contribution in [0.3, 0.4) is 0 Å². The van der Waals surface area contributed by atoms with Crippen LogP contribution in [0, 0.1) is 0 Å². The molecular weight excluding hydrogens is 244 g/mol. The number of unbranched alkanes of at least 4 members (excludes halogenated alkanes) is 1. The Hall–Kier alpha value is -1.84. The summed E-state index contributed by atoms with van der Waals surface area (Å²) in [6.45, 7) is 3.91. The van der Waals surface area contributed by atoms with Crippen molar-refractivity contribution in [2.75, 3.05) is 6.61 Å². The van der Waals surface area contributed by atoms with Gasteiger partial charge in [0.2, 0.25) is 0 Å². The first-order valence-corrected chi connectivity index (χ1v) is 6.07. The van der Waals surface area contributed by atoms with E-state index >= 15 is 0 Å². The van der Waals surface area contributed by atoms with E-state index in [9.17, 15) is 9.59 Å². The molecular formula is C15H24O4. The monoisotopic (exact) mass is 268 g/mol. The SMILES string of the molecule is C.CC/C=C\CC/C=C/C=C/C(=O)OC(=O)OCC. The van der Waals surface area contributed by atoms with Gasteiger partial charge in [-0.3, -0.25) is 0 Å². The number of hydrogen-bond acceptors (Lipinski definition) is 4. The van der Waals surface area contributed by atoms with Gasteiger partial charge in [0, 0.05) is 6.08 Å². The third-order valence-electron chi connectivity index (χ3n) is 1.83. The predicted octanol–water partition coefficient (Wildman–Crippen LogP) is 4.18. The summed E-state index contributed by atoms with van der Waals surface area (Å²) >= 11 is 0. The van der Waals surface area contributed by atoms with E-state index in [0.717, 1.165) is 19.3 Å². The van der Waals surface area contributed by atoms with Crippen LogP contribution in [0.15, 0.2) is 36.5 Å². The van der Waals surface area contributed by atoms with Gasteiger partial charge in [-0.1, -0.05) is 44.7 Å². The van der Waals surface area contributed by atoms with Gasteiger partial charge in [-0.2, -0.15) is 0 Å². The van der Waals surface area contributed by atoms with Crippen molar-refractivity contribution < 1.29 is 19.1 Å². The maximum Gasteiger partial charge on any atom is 0.516 e. The van der Waals surface area contributed by atoms with Crippen molar-refractivity contribution in [1.82, 2.24) is 0 Å². The van der Waals surface area contributed by atoms with Gasteiger partial charge in [0.05, 0.1) is 6.61 Å². The highest BCUT2D eigenvalue weighted by molar-refractivity contribution is 5.89. The molecule has 0 fully saturated rings. The van der Waals surface area contributed by atoms with E-state index in [1.807, 2.05) is 6.08 Å². The van der Waals surface area contributed by atoms with Gasteiger partial charge < -0.3 is 9.47 Å². The number of carbonyl (C=O) groups is 2. The molecule has 0 aromatic heterocycles. The summed E-state index contributed by atoms with van der Waals surface area (Å²) in [5.41, 5.74) is 0. The molecule has 0 saturated carbocycles. The molecule has 108 valence electrons. The van der Waals surface area contributed by atoms with Crippen LogP contribution in [0.25, 0.3) is 0 Å². The van der Waals surface area contributed by atoms with E-state index in [4.69, 9.17) is 0 Å². The lowest BCUT2D eigenvalue weighted by atomic mass is 10.2. The lowest BCUT2D eigenvalue weighted by molar-refractivity contribution is -0.134. The van der Waals surface area contributed by atoms with Crippen LogP contribution in [0.1, 0.15) is 40.5 Å². The molecule has 0 aromatic rings. The van der Waals surface area contributed by atoms with Gasteiger partial charge in [-0.25, -0.2) is 9.59 Å². The number of allylic oxidation sites excluding steroid dienone is 5. The minimum Gasteiger partial charge on any atom is -0.434 e. The molecule has 0 aromatic carbocycles. The molecule has 0 N–H and O–H groups in total. The van der Waals surface area contributed by atoms with E-state index < -0.39 is 12.1 Å². The Morgan fingerprint density at radius 3 is 2.32 bits per heavy atom. The maximum absolute atomic E-state index is 11.0. The van der Waals surface area contributed by atoms with Crippen molar-refractivity contribution in [3.05, 3.63) is 36.5 Å². The largest absolute Gasteiger partial charge is 0.516 e. The summed E-state index contributed by atoms with van der Waals surface area (Å²) in [5.74, 6) is -0.732. The first-order valence-electron chi connectivity index (χ1n) is 6.07. The van der Waals surface area contributed by atoms with Crippen molar-refractivity contribution in [3.63, 3.8) is 0 Å². The Labute approximate surface area is 115 Å². The molecule has 0 aliphatic carbocycles. The Balaban J connectivity index is 0. The summed E-state index contributed by atoms with van der Waals surface area (Å²) in [4.78, 5) is 21.8. The van der Waals surface area contributed by atoms with E-state index in [-0.39, 0.29) is 14.0 Å². The Kier molecular flexibility index (Phi) is 14.6. The zero-order valence-corrected chi connectivity index (χ0v) is 10.9. The Bertz CT molecular complexity index is 327. The molecule has 19 heavy (non-hydrogen) atoms. The highest BCUT2D eigenvalue weighted by Crippen LogP contribution is 1.95. The highest BCUT2D eigenvalue weighted by Gasteiger charge is 2.06. The molecule has 0 aliphatic heterocycles. The van der Waals surface area contributed by atoms with Gasteiger partial charge >= 0.3 is 12.1 Å². The van der Waals surface area contributed by atoms with E-state index in [2.05, 4.69) is 28.5 Å². The fourth-order valence-electron chi connectivity index (χ4n) is 1.05. The van der Waals surface area contributed by atoms with Crippen LogP contribution in [0.5, 0.6) is 0 Å². The first-order chi connectivity index (χ1) is 8.70. The highest BCUT2D eigenvalue weighted by atomic mass is 16.7. The summed E-state index contributed by atoms with van der Waals surface area (Å²) < 4.78 is 8.77. The molecule has 0 aliphatic rings. The third kappa shape index (κ3) is 14.1. The number of rotatable bonds is 7. The number of carbonyl (C=O) groups excluding carboxylic acids is 2. The van der Waals surface area contributed by atoms with Crippen molar-refractivity contribution in [1.29, 1.82) is 0 Å². The summed E-state index contributed by atoms with van der Waals surface area (Å²) in [6.07, 6.45) is 12.6. The molecule has 0 amide bonds. The average molecular weight is 268 g/mol. The van der Waals surface area contributed by atoms with Crippen molar-refractivity contribution in [3.8, 4) is 0 Å². The van der Waals surface area contributed by atoms with Gasteiger partial charge in [0.1, 0.15) is 0 Å². The van der Waals surface area contributed by atoms with Gasteiger partial charge in [-0.15, -0.1) is 0 Å². The van der Waals surface area contributed by atoms with Gasteiger partial charge in [-0.05, 0) is 26.2 Å². The van der Waals surface area contributed by atoms with E-state index in [0.29, 0.717) is 0 Å². The van der Waals surface area contributed by atoms with E-state index in [1.165, 1.54) is 12.2 Å². The quantitative estimate of drug-likeness (QED) is 0.173. The Morgan fingerprint density at radius 2 is 1.68 bits per heavy atom. The van der Waals surface area contributed by atoms with Crippen LogP contribution in [0.2, 0.25) is 0 Å². The predicted molar refractivity (Wildman–Crippen MR) is 76.8 cm³/mol. The average Bonchev–Trinajstić information content (AvgIpc) is 2.32. The second kappa shape index (κ2) is 14.2. The summed E-state index contributed by atoms with van der Waals surface area (Å²) in [5, 5.41) is 0. The van der Waals surface area contributed by atoms with Gasteiger partial charge in [0.25, 0.3) is 0 Å². The molecule has 0 saturated heterocycles. The number of esters is 1. The first kappa shape index (κ1) is 19.5. The van der Waals surface area contributed by atoms with Crippen LogP contribution in [-0.2, 0) is 14.3 Å². The third-order valence-corrected chi connectivity index (χ3v) is 1.83. The molecule has 0 spiro atoms. The molecule has 0 bridgehead atoms. The van der Waals surface area contributed by atoms with Crippen LogP contribution in [-0.4, -0.2) is 18.7 Å². The lowest BCUT2D eigenvalue weighted by Crippen LogP contribution is -2.11. The molecule has 0 unspecified atom stereocenters. The number of ether oxygens (including phenoxy) is 2. The standard InChI is InChI=1S/C14H20O4.CH4/c1-3-5-6-7-8-9-10-11-12-13(15)18-14(16)17-4-2;/h5-6,9-12H,3-4,7-8H2,1-2H3;1H4/b6-5-,10-9+,12-11+;. The number of hydrogen-bond donors (Lipinski definition) is 0. The minimum atomic E-state index is -0.971. The normalized spacial score (nSPS) is 10.8. The molecule has 4 heteroatoms. The van der Waals surface area contributed by atoms with Crippen LogP contribution >= 0.6 is 0 Å². The molecule has 0 heterocycles. The second-order valence-corrected chi connectivity index (χ2v) is 3.35. The summed E-state index contributed by atoms with van der Waals surface area (Å²) in [6, 6.07) is 0. The van der Waals surface area contributed by atoms with Crippen molar-refractivity contribution >= 4 is 12.1 Å². The fourth-order valence-corrected chi connectivity index (χ4v) is 1.05. The molecule has 4 nitrogen and oxygen atoms in total. The zero-order valence-electron chi connectivity index (χ0n) is 10.9. The maximum atomic E-state index is 11.0. The van der Waals surface area contributed by atoms with Gasteiger partial charge in [0.15, 0.2) is 0 Å².